The van der Waals surface area contributed by atoms with Crippen LogP contribution in [0.5, 0.6) is 0 Å². The van der Waals surface area contributed by atoms with E-state index in [4.69, 9.17) is 21.8 Å². The molecule has 0 spiro atoms. The van der Waals surface area contributed by atoms with Crippen molar-refractivity contribution in [2.24, 2.45) is 5.73 Å². The lowest BCUT2D eigenvalue weighted by Crippen LogP contribution is -2.06. The molecule has 1 aromatic heterocycles. The van der Waals surface area contributed by atoms with Gasteiger partial charge in [0.1, 0.15) is 11.5 Å². The lowest BCUT2D eigenvalue weighted by Gasteiger charge is -2.09. The second-order valence-electron chi connectivity index (χ2n) is 4.41. The van der Waals surface area contributed by atoms with Crippen molar-refractivity contribution in [2.45, 2.75) is 25.6 Å². The third-order valence-electron chi connectivity index (χ3n) is 2.99. The van der Waals surface area contributed by atoms with Gasteiger partial charge in [-0.15, -0.1) is 0 Å². The first-order valence-corrected chi connectivity index (χ1v) is 6.43. The van der Waals surface area contributed by atoms with Gasteiger partial charge in [0.25, 0.3) is 0 Å². The van der Waals surface area contributed by atoms with E-state index in [2.05, 4.69) is 0 Å². The molecule has 0 amide bonds. The lowest BCUT2D eigenvalue weighted by molar-refractivity contribution is -0.137. The van der Waals surface area contributed by atoms with Gasteiger partial charge in [-0.25, -0.2) is 0 Å². The molecule has 0 saturated heterocycles. The summed E-state index contributed by atoms with van der Waals surface area (Å²) in [4.78, 5) is 0. The monoisotopic (exact) mass is 303 g/mol. The van der Waals surface area contributed by atoms with Gasteiger partial charge in [0.05, 0.1) is 16.6 Å². The third-order valence-corrected chi connectivity index (χ3v) is 3.31. The minimum Gasteiger partial charge on any atom is -0.459 e. The molecular formula is C14H13ClF3NO. The predicted octanol–water partition coefficient (Wildman–Crippen LogP) is 5.03. The Balaban J connectivity index is 2.36. The molecule has 2 N–H and O–H groups in total. The van der Waals surface area contributed by atoms with Crippen LogP contribution in [0.15, 0.2) is 34.7 Å². The van der Waals surface area contributed by atoms with E-state index >= 15 is 0 Å². The van der Waals surface area contributed by atoms with Gasteiger partial charge < -0.3 is 10.2 Å². The average Bonchev–Trinajstić information content (AvgIpc) is 2.86. The molecule has 0 saturated carbocycles. The number of hydrogen-bond donors (Lipinski definition) is 1. The van der Waals surface area contributed by atoms with Gasteiger partial charge in [-0.05, 0) is 36.8 Å². The van der Waals surface area contributed by atoms with Crippen LogP contribution in [0.25, 0.3) is 11.3 Å². The molecule has 1 atom stereocenters. The molecule has 1 unspecified atom stereocenters. The summed E-state index contributed by atoms with van der Waals surface area (Å²) in [5.41, 5.74) is 5.45. The number of alkyl halides is 3. The number of halogens is 4. The molecule has 2 aromatic rings. The van der Waals surface area contributed by atoms with Gasteiger partial charge in [0.2, 0.25) is 0 Å². The van der Waals surface area contributed by atoms with E-state index in [0.29, 0.717) is 23.5 Å². The highest BCUT2D eigenvalue weighted by molar-refractivity contribution is 6.33. The summed E-state index contributed by atoms with van der Waals surface area (Å²) >= 11 is 5.90. The van der Waals surface area contributed by atoms with Crippen molar-refractivity contribution in [1.29, 1.82) is 0 Å². The van der Waals surface area contributed by atoms with Crippen LogP contribution >= 0.6 is 11.6 Å². The van der Waals surface area contributed by atoms with E-state index in [1.807, 2.05) is 6.92 Å². The summed E-state index contributed by atoms with van der Waals surface area (Å²) in [7, 11) is 0. The summed E-state index contributed by atoms with van der Waals surface area (Å²) < 4.78 is 43.2. The van der Waals surface area contributed by atoms with E-state index in [0.717, 1.165) is 12.1 Å². The summed E-state index contributed by atoms with van der Waals surface area (Å²) in [6.45, 7) is 1.91. The fraction of sp³-hybridized carbons (Fsp3) is 0.286. The molecule has 0 bridgehead atoms. The fourth-order valence-corrected chi connectivity index (χ4v) is 2.06. The Hall–Kier alpha value is -1.46. The Morgan fingerprint density at radius 3 is 2.50 bits per heavy atom. The maximum absolute atomic E-state index is 12.6. The highest BCUT2D eigenvalue weighted by atomic mass is 35.5. The van der Waals surface area contributed by atoms with Crippen LogP contribution in [0.1, 0.15) is 30.7 Å². The molecule has 108 valence electrons. The van der Waals surface area contributed by atoms with Crippen LogP contribution in [0.3, 0.4) is 0 Å². The van der Waals surface area contributed by atoms with Crippen LogP contribution in [-0.4, -0.2) is 0 Å². The number of nitrogens with two attached hydrogens (primary N) is 1. The summed E-state index contributed by atoms with van der Waals surface area (Å²) in [6.07, 6.45) is -3.71. The summed E-state index contributed by atoms with van der Waals surface area (Å²) in [5.74, 6) is 0.987. The van der Waals surface area contributed by atoms with E-state index in [1.165, 1.54) is 6.07 Å². The molecule has 1 aromatic carbocycles. The Labute approximate surface area is 119 Å². The van der Waals surface area contributed by atoms with Gasteiger partial charge in [-0.2, -0.15) is 13.2 Å². The quantitative estimate of drug-likeness (QED) is 0.864. The Morgan fingerprint density at radius 1 is 1.25 bits per heavy atom. The molecule has 0 aliphatic rings. The van der Waals surface area contributed by atoms with Crippen molar-refractivity contribution in [1.82, 2.24) is 0 Å². The zero-order valence-corrected chi connectivity index (χ0v) is 11.4. The Bertz CT molecular complexity index is 607. The third kappa shape index (κ3) is 2.99. The van der Waals surface area contributed by atoms with Crippen LogP contribution in [0, 0.1) is 0 Å². The van der Waals surface area contributed by atoms with E-state index in [9.17, 15) is 13.2 Å². The summed E-state index contributed by atoms with van der Waals surface area (Å²) in [5, 5.41) is -0.00852. The highest BCUT2D eigenvalue weighted by Gasteiger charge is 2.31. The normalized spacial score (nSPS) is 13.5. The number of rotatable bonds is 3. The zero-order chi connectivity index (χ0) is 14.9. The maximum Gasteiger partial charge on any atom is 0.416 e. The molecule has 1 heterocycles. The van der Waals surface area contributed by atoms with Crippen molar-refractivity contribution < 1.29 is 17.6 Å². The van der Waals surface area contributed by atoms with Gasteiger partial charge >= 0.3 is 6.18 Å². The largest absolute Gasteiger partial charge is 0.459 e. The number of hydrogen-bond acceptors (Lipinski definition) is 2. The SMILES string of the molecule is CCC(N)c1ccc(-c2ccc(C(F)(F)F)cc2Cl)o1. The zero-order valence-electron chi connectivity index (χ0n) is 10.7. The molecule has 0 fully saturated rings. The van der Waals surface area contributed by atoms with Gasteiger partial charge in [0.15, 0.2) is 0 Å². The van der Waals surface area contributed by atoms with E-state index < -0.39 is 11.7 Å². The second kappa shape index (κ2) is 5.50. The van der Waals surface area contributed by atoms with Crippen LogP contribution in [0.4, 0.5) is 13.2 Å². The molecule has 0 aliphatic carbocycles. The van der Waals surface area contributed by atoms with Crippen LogP contribution in [0.2, 0.25) is 5.02 Å². The van der Waals surface area contributed by atoms with E-state index in [1.54, 1.807) is 12.1 Å². The van der Waals surface area contributed by atoms with Crippen molar-refractivity contribution >= 4 is 11.6 Å². The highest BCUT2D eigenvalue weighted by Crippen LogP contribution is 2.36. The fourth-order valence-electron chi connectivity index (χ4n) is 1.79. The first kappa shape index (κ1) is 14.9. The van der Waals surface area contributed by atoms with Crippen molar-refractivity contribution in [3.63, 3.8) is 0 Å². The predicted molar refractivity (Wildman–Crippen MR) is 71.4 cm³/mol. The molecule has 2 rings (SSSR count). The molecule has 2 nitrogen and oxygen atoms in total. The van der Waals surface area contributed by atoms with Crippen LogP contribution in [-0.2, 0) is 6.18 Å². The maximum atomic E-state index is 12.6. The molecule has 20 heavy (non-hydrogen) atoms. The second-order valence-corrected chi connectivity index (χ2v) is 4.82. The Morgan fingerprint density at radius 2 is 1.95 bits per heavy atom. The van der Waals surface area contributed by atoms with Crippen molar-refractivity contribution in [3.05, 3.63) is 46.7 Å². The molecule has 0 aliphatic heterocycles. The van der Waals surface area contributed by atoms with E-state index in [-0.39, 0.29) is 11.1 Å². The van der Waals surface area contributed by atoms with Crippen molar-refractivity contribution in [2.75, 3.05) is 0 Å². The average molecular weight is 304 g/mol. The first-order valence-electron chi connectivity index (χ1n) is 6.05. The minimum atomic E-state index is -4.42. The standard InChI is InChI=1S/C14H13ClF3NO/c1-2-11(19)13-6-5-12(20-13)9-4-3-8(7-10(9)15)14(16,17)18/h3-7,11H,2,19H2,1H3. The summed E-state index contributed by atoms with van der Waals surface area (Å²) in [6, 6.07) is 6.28. The molecule has 6 heteroatoms. The smallest absolute Gasteiger partial charge is 0.416 e. The minimum absolute atomic E-state index is 0.00852. The van der Waals surface area contributed by atoms with Gasteiger partial charge in [-0.3, -0.25) is 0 Å². The topological polar surface area (TPSA) is 39.2 Å². The number of benzene rings is 1. The Kier molecular flexibility index (Phi) is 4.11. The molecule has 0 radical (unpaired) electrons. The van der Waals surface area contributed by atoms with Gasteiger partial charge in [0, 0.05) is 5.56 Å². The van der Waals surface area contributed by atoms with Crippen LogP contribution < -0.4 is 5.73 Å². The number of furan rings is 1. The molecular weight excluding hydrogens is 291 g/mol. The lowest BCUT2D eigenvalue weighted by atomic mass is 10.1. The van der Waals surface area contributed by atoms with Gasteiger partial charge in [-0.1, -0.05) is 18.5 Å². The first-order chi connectivity index (χ1) is 9.32. The van der Waals surface area contributed by atoms with Crippen molar-refractivity contribution in [3.8, 4) is 11.3 Å².